The predicted octanol–water partition coefficient (Wildman–Crippen LogP) is 4.30. The van der Waals surface area contributed by atoms with Crippen LogP contribution in [0, 0.1) is 0 Å². The zero-order valence-corrected chi connectivity index (χ0v) is 14.1. The Hall–Kier alpha value is -2.05. The number of fused-ring (bicyclic) bond motifs is 1. The Morgan fingerprint density at radius 1 is 1.09 bits per heavy atom. The summed E-state index contributed by atoms with van der Waals surface area (Å²) in [5, 5.41) is 8.52. The van der Waals surface area contributed by atoms with E-state index in [1.807, 2.05) is 18.2 Å². The van der Waals surface area contributed by atoms with Crippen molar-refractivity contribution in [1.82, 2.24) is 4.98 Å². The van der Waals surface area contributed by atoms with E-state index in [4.69, 9.17) is 9.47 Å². The Morgan fingerprint density at radius 3 is 2.87 bits per heavy atom. The molecule has 3 aromatic rings. The van der Waals surface area contributed by atoms with Crippen LogP contribution in [0.1, 0.15) is 4.88 Å². The number of ether oxygens (including phenoxy) is 2. The van der Waals surface area contributed by atoms with Gasteiger partial charge in [0.2, 0.25) is 0 Å². The van der Waals surface area contributed by atoms with Crippen molar-refractivity contribution in [3.8, 4) is 22.8 Å². The van der Waals surface area contributed by atoms with Gasteiger partial charge in [-0.2, -0.15) is 0 Å². The Bertz CT molecular complexity index is 784. The second-order valence-electron chi connectivity index (χ2n) is 5.15. The minimum atomic E-state index is 0.600. The Labute approximate surface area is 142 Å². The van der Waals surface area contributed by atoms with E-state index in [1.165, 1.54) is 4.88 Å². The van der Waals surface area contributed by atoms with Gasteiger partial charge in [0, 0.05) is 22.4 Å². The van der Waals surface area contributed by atoms with Crippen LogP contribution in [0.3, 0.4) is 0 Å². The maximum atomic E-state index is 5.63. The number of nitrogens with one attached hydrogen (secondary N) is 1. The second-order valence-corrected chi connectivity index (χ2v) is 7.04. The lowest BCUT2D eigenvalue weighted by Gasteiger charge is -2.18. The molecule has 1 aliphatic rings. The fourth-order valence-electron chi connectivity index (χ4n) is 2.44. The summed E-state index contributed by atoms with van der Waals surface area (Å²) in [6.07, 6.45) is 1.02. The first-order valence-corrected chi connectivity index (χ1v) is 9.26. The normalized spacial score (nSPS) is 13.0. The van der Waals surface area contributed by atoms with Crippen molar-refractivity contribution >= 4 is 27.8 Å². The van der Waals surface area contributed by atoms with E-state index < -0.39 is 0 Å². The summed E-state index contributed by atoms with van der Waals surface area (Å²) in [5.74, 6) is 1.61. The molecule has 0 bridgehead atoms. The first kappa shape index (κ1) is 14.5. The van der Waals surface area contributed by atoms with E-state index in [0.29, 0.717) is 13.2 Å². The van der Waals surface area contributed by atoms with Crippen molar-refractivity contribution in [2.75, 3.05) is 25.1 Å². The van der Waals surface area contributed by atoms with Gasteiger partial charge in [0.1, 0.15) is 13.2 Å². The number of anilines is 1. The second kappa shape index (κ2) is 6.60. The molecule has 0 spiro atoms. The Kier molecular flexibility index (Phi) is 4.17. The van der Waals surface area contributed by atoms with Crippen molar-refractivity contribution in [1.29, 1.82) is 0 Å². The third kappa shape index (κ3) is 3.33. The van der Waals surface area contributed by atoms with Gasteiger partial charge in [-0.1, -0.05) is 6.07 Å². The molecule has 3 heterocycles. The molecule has 0 amide bonds. The smallest absolute Gasteiger partial charge is 0.183 e. The SMILES string of the molecule is c1csc(CCNc2nc(-c3ccc4c(c3)OCCO4)cs2)c1. The maximum absolute atomic E-state index is 5.63. The topological polar surface area (TPSA) is 43.4 Å². The predicted molar refractivity (Wildman–Crippen MR) is 95.1 cm³/mol. The highest BCUT2D eigenvalue weighted by Gasteiger charge is 2.13. The number of hydrogen-bond donors (Lipinski definition) is 1. The summed E-state index contributed by atoms with van der Waals surface area (Å²) in [5.41, 5.74) is 2.02. The molecule has 4 rings (SSSR count). The molecule has 118 valence electrons. The van der Waals surface area contributed by atoms with Crippen LogP contribution in [0.2, 0.25) is 0 Å². The fourth-order valence-corrected chi connectivity index (χ4v) is 3.90. The van der Waals surface area contributed by atoms with Crippen LogP contribution in [0.4, 0.5) is 5.13 Å². The summed E-state index contributed by atoms with van der Waals surface area (Å²) in [7, 11) is 0. The number of nitrogens with zero attached hydrogens (tertiary/aromatic N) is 1. The summed E-state index contributed by atoms with van der Waals surface area (Å²) < 4.78 is 11.2. The third-order valence-corrected chi connectivity index (χ3v) is 5.31. The molecule has 0 saturated heterocycles. The lowest BCUT2D eigenvalue weighted by Crippen LogP contribution is -2.15. The zero-order valence-electron chi connectivity index (χ0n) is 12.5. The number of hydrogen-bond acceptors (Lipinski definition) is 6. The van der Waals surface area contributed by atoms with Crippen LogP contribution in [0.25, 0.3) is 11.3 Å². The number of thiazole rings is 1. The van der Waals surface area contributed by atoms with Gasteiger partial charge in [-0.25, -0.2) is 4.98 Å². The van der Waals surface area contributed by atoms with E-state index in [-0.39, 0.29) is 0 Å². The first-order valence-electron chi connectivity index (χ1n) is 7.50. The zero-order chi connectivity index (χ0) is 15.5. The molecule has 2 aromatic heterocycles. The molecule has 1 aromatic carbocycles. The highest BCUT2D eigenvalue weighted by molar-refractivity contribution is 7.14. The van der Waals surface area contributed by atoms with Gasteiger partial charge in [-0.15, -0.1) is 22.7 Å². The van der Waals surface area contributed by atoms with E-state index in [0.717, 1.165) is 40.9 Å². The molecule has 0 unspecified atom stereocenters. The van der Waals surface area contributed by atoms with Crippen molar-refractivity contribution in [2.45, 2.75) is 6.42 Å². The van der Waals surface area contributed by atoms with Crippen molar-refractivity contribution < 1.29 is 9.47 Å². The van der Waals surface area contributed by atoms with Crippen LogP contribution in [-0.2, 0) is 6.42 Å². The monoisotopic (exact) mass is 344 g/mol. The standard InChI is InChI=1S/C17H16N2O2S2/c1-2-13(22-9-1)5-6-18-17-19-14(11-23-17)12-3-4-15-16(10-12)21-8-7-20-15/h1-4,9-11H,5-8H2,(H,18,19). The summed E-state index contributed by atoms with van der Waals surface area (Å²) in [6.45, 7) is 2.11. The van der Waals surface area contributed by atoms with Gasteiger partial charge < -0.3 is 14.8 Å². The van der Waals surface area contributed by atoms with Gasteiger partial charge >= 0.3 is 0 Å². The van der Waals surface area contributed by atoms with Gasteiger partial charge in [0.05, 0.1) is 5.69 Å². The van der Waals surface area contributed by atoms with E-state index in [9.17, 15) is 0 Å². The quantitative estimate of drug-likeness (QED) is 0.749. The van der Waals surface area contributed by atoms with E-state index in [1.54, 1.807) is 22.7 Å². The molecule has 1 aliphatic heterocycles. The molecule has 23 heavy (non-hydrogen) atoms. The summed E-state index contributed by atoms with van der Waals surface area (Å²) in [4.78, 5) is 6.05. The maximum Gasteiger partial charge on any atom is 0.183 e. The van der Waals surface area contributed by atoms with Crippen LogP contribution in [0.15, 0.2) is 41.1 Å². The third-order valence-electron chi connectivity index (χ3n) is 3.57. The minimum absolute atomic E-state index is 0.600. The van der Waals surface area contributed by atoms with E-state index >= 15 is 0 Å². The van der Waals surface area contributed by atoms with Crippen LogP contribution in [0.5, 0.6) is 11.5 Å². The van der Waals surface area contributed by atoms with Crippen molar-refractivity contribution in [2.24, 2.45) is 0 Å². The van der Waals surface area contributed by atoms with Crippen molar-refractivity contribution in [3.63, 3.8) is 0 Å². The highest BCUT2D eigenvalue weighted by Crippen LogP contribution is 2.35. The number of rotatable bonds is 5. The minimum Gasteiger partial charge on any atom is -0.486 e. The molecule has 6 heteroatoms. The molecule has 1 N–H and O–H groups in total. The molecule has 0 fully saturated rings. The number of aromatic nitrogens is 1. The molecule has 0 saturated carbocycles. The lowest BCUT2D eigenvalue weighted by atomic mass is 10.1. The van der Waals surface area contributed by atoms with Crippen LogP contribution >= 0.6 is 22.7 Å². The lowest BCUT2D eigenvalue weighted by molar-refractivity contribution is 0.171. The Balaban J connectivity index is 1.43. The fraction of sp³-hybridized carbons (Fsp3) is 0.235. The molecular formula is C17H16N2O2S2. The van der Waals surface area contributed by atoms with Gasteiger partial charge in [-0.3, -0.25) is 0 Å². The highest BCUT2D eigenvalue weighted by atomic mass is 32.1. The molecule has 4 nitrogen and oxygen atoms in total. The summed E-state index contributed by atoms with van der Waals surface area (Å²) >= 11 is 3.42. The first-order chi connectivity index (χ1) is 11.4. The molecule has 0 aliphatic carbocycles. The molecule has 0 atom stereocenters. The molecular weight excluding hydrogens is 328 g/mol. The number of thiophene rings is 1. The van der Waals surface area contributed by atoms with Crippen LogP contribution < -0.4 is 14.8 Å². The average Bonchev–Trinajstić information content (AvgIpc) is 3.26. The van der Waals surface area contributed by atoms with E-state index in [2.05, 4.69) is 33.2 Å². The van der Waals surface area contributed by atoms with Gasteiger partial charge in [0.25, 0.3) is 0 Å². The Morgan fingerprint density at radius 2 is 2.00 bits per heavy atom. The molecule has 0 radical (unpaired) electrons. The summed E-state index contributed by atoms with van der Waals surface area (Å²) in [6, 6.07) is 10.2. The van der Waals surface area contributed by atoms with Gasteiger partial charge in [0.15, 0.2) is 16.6 Å². The van der Waals surface area contributed by atoms with Gasteiger partial charge in [-0.05, 0) is 36.1 Å². The average molecular weight is 344 g/mol. The van der Waals surface area contributed by atoms with Crippen molar-refractivity contribution in [3.05, 3.63) is 46.0 Å². The number of benzene rings is 1. The largest absolute Gasteiger partial charge is 0.486 e. The van der Waals surface area contributed by atoms with Crippen LogP contribution in [-0.4, -0.2) is 24.7 Å².